The number of nitrogens with one attached hydrogen (secondary N) is 1. The zero-order valence-electron chi connectivity index (χ0n) is 25.0. The Morgan fingerprint density at radius 1 is 1.14 bits per heavy atom. The maximum atomic E-state index is 16.8. The molecule has 43 heavy (non-hydrogen) atoms. The van der Waals surface area contributed by atoms with E-state index >= 15 is 4.39 Å². The summed E-state index contributed by atoms with van der Waals surface area (Å²) in [6.45, 7) is 7.49. The number of ether oxygens (including phenoxy) is 1. The van der Waals surface area contributed by atoms with Gasteiger partial charge in [0.1, 0.15) is 35.6 Å². The lowest BCUT2D eigenvalue weighted by molar-refractivity contribution is 0.107. The van der Waals surface area contributed by atoms with E-state index in [4.69, 9.17) is 14.7 Å². The summed E-state index contributed by atoms with van der Waals surface area (Å²) < 4.78 is 37.6. The van der Waals surface area contributed by atoms with Crippen molar-refractivity contribution in [1.82, 2.24) is 25.2 Å². The molecule has 6 heterocycles. The minimum absolute atomic E-state index is 0.117. The van der Waals surface area contributed by atoms with Gasteiger partial charge in [-0.2, -0.15) is 9.97 Å². The van der Waals surface area contributed by atoms with Crippen molar-refractivity contribution in [3.8, 4) is 23.0 Å². The van der Waals surface area contributed by atoms with Crippen molar-refractivity contribution in [1.29, 1.82) is 0 Å². The van der Waals surface area contributed by atoms with Crippen LogP contribution in [0.1, 0.15) is 69.4 Å². The van der Waals surface area contributed by atoms with Crippen LogP contribution < -0.4 is 15.0 Å². The molecule has 2 aromatic heterocycles. The number of alkyl halides is 1. The van der Waals surface area contributed by atoms with Gasteiger partial charge in [-0.25, -0.2) is 8.78 Å². The Morgan fingerprint density at radius 2 is 1.95 bits per heavy atom. The average molecular weight is 591 g/mol. The van der Waals surface area contributed by atoms with Crippen LogP contribution in [-0.4, -0.2) is 81.5 Å². The lowest BCUT2D eigenvalue weighted by Gasteiger charge is -2.34. The quantitative estimate of drug-likeness (QED) is 0.409. The summed E-state index contributed by atoms with van der Waals surface area (Å²) in [5, 5.41) is 14.8. The summed E-state index contributed by atoms with van der Waals surface area (Å²) >= 11 is 0. The Balaban J connectivity index is 1.24. The van der Waals surface area contributed by atoms with Crippen LogP contribution in [0.25, 0.3) is 22.2 Å². The topological polar surface area (TPSA) is 86.6 Å². The highest BCUT2D eigenvalue weighted by atomic mass is 19.1. The Morgan fingerprint density at radius 3 is 2.74 bits per heavy atom. The number of aryl methyl sites for hydroxylation is 1. The number of pyridine rings is 1. The number of fused-ring (bicyclic) bond motifs is 5. The Labute approximate surface area is 250 Å². The molecule has 0 amide bonds. The monoisotopic (exact) mass is 590 g/mol. The molecular weight excluding hydrogens is 550 g/mol. The van der Waals surface area contributed by atoms with Gasteiger partial charge >= 0.3 is 6.01 Å². The molecule has 5 aliphatic rings. The lowest BCUT2D eigenvalue weighted by atomic mass is 9.86. The van der Waals surface area contributed by atoms with Gasteiger partial charge in [0.25, 0.3) is 0 Å². The second-order valence-corrected chi connectivity index (χ2v) is 13.9. The summed E-state index contributed by atoms with van der Waals surface area (Å²) in [4.78, 5) is 18.6. The zero-order valence-corrected chi connectivity index (χ0v) is 25.0. The van der Waals surface area contributed by atoms with Crippen molar-refractivity contribution in [2.75, 3.05) is 37.7 Å². The van der Waals surface area contributed by atoms with Crippen LogP contribution in [0.3, 0.4) is 0 Å². The van der Waals surface area contributed by atoms with E-state index in [1.54, 1.807) is 12.3 Å². The van der Waals surface area contributed by atoms with Crippen LogP contribution in [0.2, 0.25) is 0 Å². The van der Waals surface area contributed by atoms with E-state index in [1.165, 1.54) is 0 Å². The largest absolute Gasteiger partial charge is 0.508 e. The minimum atomic E-state index is -0.863. The first-order valence-corrected chi connectivity index (χ1v) is 16.0. The van der Waals surface area contributed by atoms with Crippen molar-refractivity contribution >= 4 is 16.7 Å². The van der Waals surface area contributed by atoms with Gasteiger partial charge < -0.3 is 20.1 Å². The van der Waals surface area contributed by atoms with Crippen molar-refractivity contribution in [3.63, 3.8) is 0 Å². The predicted molar refractivity (Wildman–Crippen MR) is 161 cm³/mol. The van der Waals surface area contributed by atoms with Crippen LogP contribution in [0.4, 0.5) is 14.6 Å². The number of anilines is 1. The number of aromatic nitrogens is 3. The zero-order chi connectivity index (χ0) is 29.5. The van der Waals surface area contributed by atoms with Gasteiger partial charge in [0.05, 0.1) is 10.9 Å². The first-order chi connectivity index (χ1) is 20.8. The second kappa shape index (κ2) is 10.2. The molecule has 5 atom stereocenters. The molecule has 0 spiro atoms. The molecule has 1 aliphatic carbocycles. The maximum absolute atomic E-state index is 16.8. The molecule has 8 nitrogen and oxygen atoms in total. The highest BCUT2D eigenvalue weighted by Gasteiger charge is 2.49. The molecule has 1 unspecified atom stereocenters. The molecule has 1 aromatic carbocycles. The normalized spacial score (nSPS) is 30.0. The van der Waals surface area contributed by atoms with Crippen molar-refractivity contribution in [2.24, 2.45) is 5.92 Å². The molecule has 3 aromatic rings. The highest BCUT2D eigenvalue weighted by molar-refractivity contribution is 5.92. The lowest BCUT2D eigenvalue weighted by Crippen LogP contribution is -2.51. The van der Waals surface area contributed by atoms with Gasteiger partial charge in [-0.15, -0.1) is 0 Å². The first kappa shape index (κ1) is 27.4. The van der Waals surface area contributed by atoms with E-state index in [-0.39, 0.29) is 41.0 Å². The van der Waals surface area contributed by atoms with E-state index in [1.807, 2.05) is 6.07 Å². The number of halogens is 2. The number of hydrogen-bond donors (Lipinski definition) is 2. The number of piperazine rings is 1. The van der Waals surface area contributed by atoms with Crippen LogP contribution >= 0.6 is 0 Å². The van der Waals surface area contributed by atoms with Crippen molar-refractivity contribution < 1.29 is 18.6 Å². The molecule has 4 saturated heterocycles. The maximum Gasteiger partial charge on any atom is 0.319 e. The summed E-state index contributed by atoms with van der Waals surface area (Å²) in [6.07, 6.45) is 7.17. The first-order valence-electron chi connectivity index (χ1n) is 16.0. The summed E-state index contributed by atoms with van der Waals surface area (Å²) in [5.74, 6) is 0.855. The van der Waals surface area contributed by atoms with Gasteiger partial charge in [-0.3, -0.25) is 9.88 Å². The average Bonchev–Trinajstić information content (AvgIpc) is 3.73. The van der Waals surface area contributed by atoms with E-state index in [0.717, 1.165) is 69.3 Å². The molecule has 2 bridgehead atoms. The molecule has 4 aliphatic heterocycles. The number of rotatable bonds is 6. The standard InChI is InChI=1S/C33H40F2N6O2/c1-18(2)24-7-4-19-10-23(42)11-25(27(19)24)29-28(35)30-26(13-36-29)31(40-15-21-5-6-22(16-40)37-21)39-32(38-30)43-17-33-8-3-9-41(33)14-20(34)12-33/h10-11,13,18,20-22,24,37,42H,3-9,12,14-17H2,1-2H3/t20-,21-,22+,24?,33+/m1/s1. The van der Waals surface area contributed by atoms with Crippen molar-refractivity contribution in [3.05, 3.63) is 35.3 Å². The van der Waals surface area contributed by atoms with E-state index in [9.17, 15) is 9.50 Å². The fourth-order valence-corrected chi connectivity index (χ4v) is 8.79. The molecule has 2 N–H and O–H groups in total. The van der Waals surface area contributed by atoms with Crippen LogP contribution in [0, 0.1) is 11.7 Å². The van der Waals surface area contributed by atoms with Gasteiger partial charge in [-0.1, -0.05) is 13.8 Å². The molecular formula is C33H40F2N6O2. The third-order valence-electron chi connectivity index (χ3n) is 10.8. The van der Waals surface area contributed by atoms with E-state index < -0.39 is 12.0 Å². The van der Waals surface area contributed by atoms with Crippen molar-refractivity contribution in [2.45, 2.75) is 88.5 Å². The van der Waals surface area contributed by atoms with E-state index in [2.05, 4.69) is 33.9 Å². The summed E-state index contributed by atoms with van der Waals surface area (Å²) in [6, 6.07) is 4.29. The minimum Gasteiger partial charge on any atom is -0.508 e. The molecule has 8 rings (SSSR count). The highest BCUT2D eigenvalue weighted by Crippen LogP contribution is 2.46. The second-order valence-electron chi connectivity index (χ2n) is 13.9. The Bertz CT molecular complexity index is 1570. The predicted octanol–water partition coefficient (Wildman–Crippen LogP) is 5.12. The number of phenols is 1. The van der Waals surface area contributed by atoms with Gasteiger partial charge in [0.15, 0.2) is 5.82 Å². The van der Waals surface area contributed by atoms with Gasteiger partial charge in [-0.05, 0) is 80.2 Å². The molecule has 0 radical (unpaired) electrons. The van der Waals surface area contributed by atoms with Crippen LogP contribution in [0.5, 0.6) is 11.8 Å². The smallest absolute Gasteiger partial charge is 0.319 e. The SMILES string of the molecule is CC(C)C1CCc2cc(O)cc(-c3ncc4c(N5C[C@H]6CC[C@@H](C5)N6)nc(OC[C@@]56CCCN5C[C@H](F)C6)nc4c3F)c21. The van der Waals surface area contributed by atoms with E-state index in [0.29, 0.717) is 47.7 Å². The number of phenolic OH excluding ortho intramolecular Hbond substituents is 1. The number of nitrogens with zero attached hydrogens (tertiary/aromatic N) is 5. The fourth-order valence-electron chi connectivity index (χ4n) is 8.79. The summed E-state index contributed by atoms with van der Waals surface area (Å²) in [7, 11) is 0. The van der Waals surface area contributed by atoms with Gasteiger partial charge in [0.2, 0.25) is 0 Å². The third kappa shape index (κ3) is 4.55. The summed E-state index contributed by atoms with van der Waals surface area (Å²) in [5.41, 5.74) is 2.77. The number of hydrogen-bond acceptors (Lipinski definition) is 8. The molecule has 10 heteroatoms. The molecule has 4 fully saturated rings. The fraction of sp³-hybridized carbons (Fsp3) is 0.606. The number of aromatic hydroxyl groups is 1. The Hall–Kier alpha value is -3.11. The van der Waals surface area contributed by atoms with Gasteiger partial charge in [0, 0.05) is 49.9 Å². The van der Waals surface area contributed by atoms with Crippen LogP contribution in [-0.2, 0) is 6.42 Å². The number of benzene rings is 1. The third-order valence-corrected chi connectivity index (χ3v) is 10.8. The Kier molecular flexibility index (Phi) is 6.53. The molecule has 0 saturated carbocycles. The van der Waals surface area contributed by atoms with Crippen LogP contribution in [0.15, 0.2) is 18.3 Å². The molecule has 228 valence electrons.